The highest BCUT2D eigenvalue weighted by Gasteiger charge is 2.28. The number of hydrogen-bond acceptors (Lipinski definition) is 3. The first-order chi connectivity index (χ1) is 8.72. The zero-order chi connectivity index (χ0) is 13.0. The highest BCUT2D eigenvalue weighted by atomic mass is 32.2. The fraction of sp³-hybridized carbons (Fsp3) is 0.500. The molecule has 0 radical (unpaired) electrons. The van der Waals surface area contributed by atoms with E-state index in [-0.39, 0.29) is 11.8 Å². The molecule has 0 aliphatic carbocycles. The van der Waals surface area contributed by atoms with Crippen molar-refractivity contribution in [3.05, 3.63) is 24.3 Å². The number of nitrogens with two attached hydrogens (primary N) is 1. The van der Waals surface area contributed by atoms with Crippen molar-refractivity contribution < 1.29 is 4.79 Å². The van der Waals surface area contributed by atoms with Crippen LogP contribution < -0.4 is 10.6 Å². The Balaban J connectivity index is 2.19. The van der Waals surface area contributed by atoms with Gasteiger partial charge in [-0.3, -0.25) is 4.79 Å². The predicted octanol–water partition coefficient (Wildman–Crippen LogP) is 2.76. The van der Waals surface area contributed by atoms with Crippen molar-refractivity contribution in [3.63, 3.8) is 0 Å². The van der Waals surface area contributed by atoms with Gasteiger partial charge in [-0.15, -0.1) is 0 Å². The van der Waals surface area contributed by atoms with Gasteiger partial charge in [0.05, 0.1) is 0 Å². The minimum Gasteiger partial charge on any atom is -0.399 e. The van der Waals surface area contributed by atoms with Gasteiger partial charge >= 0.3 is 0 Å². The zero-order valence-electron chi connectivity index (χ0n) is 10.8. The Labute approximate surface area is 113 Å². The van der Waals surface area contributed by atoms with Crippen LogP contribution in [0.25, 0.3) is 0 Å². The van der Waals surface area contributed by atoms with Crippen LogP contribution in [-0.4, -0.2) is 24.0 Å². The first-order valence-electron chi connectivity index (χ1n) is 6.47. The number of thioether (sulfide) groups is 1. The van der Waals surface area contributed by atoms with Crippen molar-refractivity contribution in [1.82, 2.24) is 0 Å². The number of carbonyl (C=O) groups excluding carboxylic acids is 1. The maximum Gasteiger partial charge on any atom is 0.230 e. The first kappa shape index (κ1) is 13.3. The van der Waals surface area contributed by atoms with Crippen molar-refractivity contribution in [3.8, 4) is 0 Å². The molecule has 1 atom stereocenters. The summed E-state index contributed by atoms with van der Waals surface area (Å²) in [5, 5.41) is 0. The van der Waals surface area contributed by atoms with Gasteiger partial charge in [-0.05, 0) is 36.8 Å². The topological polar surface area (TPSA) is 46.3 Å². The average molecular weight is 264 g/mol. The van der Waals surface area contributed by atoms with Crippen LogP contribution in [0.3, 0.4) is 0 Å². The molecule has 4 heteroatoms. The fourth-order valence-corrected chi connectivity index (χ4v) is 3.44. The molecule has 18 heavy (non-hydrogen) atoms. The fourth-order valence-electron chi connectivity index (χ4n) is 2.23. The van der Waals surface area contributed by atoms with Crippen LogP contribution in [0.1, 0.15) is 19.8 Å². The lowest BCUT2D eigenvalue weighted by atomic mass is 10.1. The summed E-state index contributed by atoms with van der Waals surface area (Å²) in [6.45, 7) is 2.86. The molecule has 98 valence electrons. The molecule has 2 N–H and O–H groups in total. The quantitative estimate of drug-likeness (QED) is 0.851. The number of rotatable bonds is 4. The monoisotopic (exact) mass is 264 g/mol. The molecule has 1 saturated heterocycles. The van der Waals surface area contributed by atoms with Crippen molar-refractivity contribution in [2.24, 2.45) is 5.92 Å². The molecule has 1 aromatic carbocycles. The average Bonchev–Trinajstić information content (AvgIpc) is 2.89. The number of nitrogen functional groups attached to an aromatic ring is 1. The highest BCUT2D eigenvalue weighted by molar-refractivity contribution is 7.99. The van der Waals surface area contributed by atoms with Crippen molar-refractivity contribution in [2.45, 2.75) is 19.8 Å². The summed E-state index contributed by atoms with van der Waals surface area (Å²) < 4.78 is 0. The molecular formula is C14H20N2OS. The van der Waals surface area contributed by atoms with Crippen LogP contribution >= 0.6 is 11.8 Å². The third-order valence-corrected chi connectivity index (χ3v) is 4.34. The Kier molecular flexibility index (Phi) is 4.53. The Morgan fingerprint density at radius 1 is 1.56 bits per heavy atom. The SMILES string of the molecule is CCCN(C(=O)C1CCSC1)c1cccc(N)c1. The maximum atomic E-state index is 12.5. The Morgan fingerprint density at radius 2 is 2.39 bits per heavy atom. The lowest BCUT2D eigenvalue weighted by Crippen LogP contribution is -2.37. The molecule has 0 spiro atoms. The molecule has 1 unspecified atom stereocenters. The van der Waals surface area contributed by atoms with Gasteiger partial charge in [0.2, 0.25) is 5.91 Å². The third-order valence-electron chi connectivity index (χ3n) is 3.17. The summed E-state index contributed by atoms with van der Waals surface area (Å²) in [7, 11) is 0. The van der Waals surface area contributed by atoms with Crippen LogP contribution in [0.2, 0.25) is 0 Å². The van der Waals surface area contributed by atoms with Crippen molar-refractivity contribution in [1.29, 1.82) is 0 Å². The van der Waals surface area contributed by atoms with Crippen LogP contribution in [-0.2, 0) is 4.79 Å². The van der Waals surface area contributed by atoms with Crippen molar-refractivity contribution >= 4 is 29.0 Å². The van der Waals surface area contributed by atoms with Gasteiger partial charge in [0.25, 0.3) is 0 Å². The van der Waals surface area contributed by atoms with Crippen LogP contribution in [0, 0.1) is 5.92 Å². The number of amides is 1. The second kappa shape index (κ2) is 6.14. The second-order valence-corrected chi connectivity index (χ2v) is 5.80. The molecule has 1 amide bonds. The van der Waals surface area contributed by atoms with Crippen LogP contribution in [0.4, 0.5) is 11.4 Å². The van der Waals surface area contributed by atoms with E-state index in [1.807, 2.05) is 40.9 Å². The minimum atomic E-state index is 0.183. The third kappa shape index (κ3) is 2.99. The van der Waals surface area contributed by atoms with E-state index in [2.05, 4.69) is 6.92 Å². The number of anilines is 2. The number of nitrogens with zero attached hydrogens (tertiary/aromatic N) is 1. The maximum absolute atomic E-state index is 12.5. The zero-order valence-corrected chi connectivity index (χ0v) is 11.6. The molecule has 1 aliphatic heterocycles. The normalized spacial score (nSPS) is 18.8. The van der Waals surface area contributed by atoms with E-state index < -0.39 is 0 Å². The molecule has 1 heterocycles. The van der Waals surface area contributed by atoms with Gasteiger partial charge in [-0.2, -0.15) is 11.8 Å². The van der Waals surface area contributed by atoms with Gasteiger partial charge in [0.15, 0.2) is 0 Å². The van der Waals surface area contributed by atoms with Gasteiger partial charge in [0, 0.05) is 29.6 Å². The Hall–Kier alpha value is -1.16. The van der Waals surface area contributed by atoms with Crippen molar-refractivity contribution in [2.75, 3.05) is 28.7 Å². The Bertz CT molecular complexity index is 416. The molecule has 0 aromatic heterocycles. The first-order valence-corrected chi connectivity index (χ1v) is 7.62. The molecule has 3 nitrogen and oxygen atoms in total. The molecule has 0 bridgehead atoms. The largest absolute Gasteiger partial charge is 0.399 e. The number of benzene rings is 1. The summed E-state index contributed by atoms with van der Waals surface area (Å²) >= 11 is 1.87. The second-order valence-electron chi connectivity index (χ2n) is 4.65. The lowest BCUT2D eigenvalue weighted by Gasteiger charge is -2.25. The lowest BCUT2D eigenvalue weighted by molar-refractivity contribution is -0.121. The van der Waals surface area contributed by atoms with E-state index in [0.717, 1.165) is 36.6 Å². The van der Waals surface area contributed by atoms with E-state index in [4.69, 9.17) is 5.73 Å². The Morgan fingerprint density at radius 3 is 3.00 bits per heavy atom. The number of hydrogen-bond donors (Lipinski definition) is 1. The molecule has 0 saturated carbocycles. The highest BCUT2D eigenvalue weighted by Crippen LogP contribution is 2.28. The summed E-state index contributed by atoms with van der Waals surface area (Å²) in [5.41, 5.74) is 7.44. The van der Waals surface area contributed by atoms with E-state index in [1.54, 1.807) is 0 Å². The summed E-state index contributed by atoms with van der Waals surface area (Å²) in [6, 6.07) is 7.61. The van der Waals surface area contributed by atoms with E-state index in [0.29, 0.717) is 5.69 Å². The van der Waals surface area contributed by atoms with E-state index >= 15 is 0 Å². The minimum absolute atomic E-state index is 0.183. The van der Waals surface area contributed by atoms with Gasteiger partial charge in [-0.1, -0.05) is 13.0 Å². The molecule has 2 rings (SSSR count). The van der Waals surface area contributed by atoms with Gasteiger partial charge in [-0.25, -0.2) is 0 Å². The van der Waals surface area contributed by atoms with E-state index in [9.17, 15) is 4.79 Å². The molecule has 1 fully saturated rings. The van der Waals surface area contributed by atoms with Gasteiger partial charge < -0.3 is 10.6 Å². The molecular weight excluding hydrogens is 244 g/mol. The smallest absolute Gasteiger partial charge is 0.230 e. The number of carbonyl (C=O) groups is 1. The molecule has 1 aromatic rings. The van der Waals surface area contributed by atoms with Crippen LogP contribution in [0.15, 0.2) is 24.3 Å². The summed E-state index contributed by atoms with van der Waals surface area (Å²) in [4.78, 5) is 14.4. The summed E-state index contributed by atoms with van der Waals surface area (Å²) in [6.07, 6.45) is 1.96. The van der Waals surface area contributed by atoms with Crippen LogP contribution in [0.5, 0.6) is 0 Å². The standard InChI is InChI=1S/C14H20N2OS/c1-2-7-16(13-5-3-4-12(15)9-13)14(17)11-6-8-18-10-11/h3-5,9,11H,2,6-8,10,15H2,1H3. The van der Waals surface area contributed by atoms with Gasteiger partial charge in [0.1, 0.15) is 0 Å². The summed E-state index contributed by atoms with van der Waals surface area (Å²) in [5.74, 6) is 2.50. The van der Waals surface area contributed by atoms with E-state index in [1.165, 1.54) is 0 Å². The predicted molar refractivity (Wildman–Crippen MR) is 78.9 cm³/mol. The molecule has 1 aliphatic rings.